The number of nitrogens with one attached hydrogen (secondary N) is 1. The van der Waals surface area contributed by atoms with Gasteiger partial charge in [-0.3, -0.25) is 9.59 Å². The molecule has 1 atom stereocenters. The highest BCUT2D eigenvalue weighted by Gasteiger charge is 2.54. The molecule has 0 aromatic heterocycles. The van der Waals surface area contributed by atoms with E-state index in [0.29, 0.717) is 43.3 Å². The summed E-state index contributed by atoms with van der Waals surface area (Å²) in [5.74, 6) is 0.124. The van der Waals surface area contributed by atoms with Crippen LogP contribution in [0.2, 0.25) is 0 Å². The lowest BCUT2D eigenvalue weighted by molar-refractivity contribution is -0.126. The normalized spacial score (nSPS) is 20.5. The third-order valence-corrected chi connectivity index (χ3v) is 5.13. The number of likely N-dealkylation sites (tertiary alicyclic amines) is 1. The van der Waals surface area contributed by atoms with E-state index in [1.54, 1.807) is 29.2 Å². The van der Waals surface area contributed by atoms with Gasteiger partial charge in [0.1, 0.15) is 12.2 Å². The number of rotatable bonds is 6. The summed E-state index contributed by atoms with van der Waals surface area (Å²) in [7, 11) is 1.49. The predicted molar refractivity (Wildman–Crippen MR) is 93.4 cm³/mol. The van der Waals surface area contributed by atoms with E-state index in [2.05, 4.69) is 11.4 Å². The molecule has 2 saturated heterocycles. The van der Waals surface area contributed by atoms with Crippen molar-refractivity contribution >= 4 is 11.8 Å². The fourth-order valence-corrected chi connectivity index (χ4v) is 3.76. The molecule has 26 heavy (non-hydrogen) atoms. The van der Waals surface area contributed by atoms with Crippen LogP contribution >= 0.6 is 0 Å². The first kappa shape index (κ1) is 18.4. The van der Waals surface area contributed by atoms with Crippen molar-refractivity contribution in [3.8, 4) is 6.07 Å². The summed E-state index contributed by atoms with van der Waals surface area (Å²) in [6.07, 6.45) is 1.76. The fourth-order valence-electron chi connectivity index (χ4n) is 3.76. The van der Waals surface area contributed by atoms with Gasteiger partial charge in [0.25, 0.3) is 5.91 Å². The monoisotopic (exact) mass is 357 g/mol. The maximum absolute atomic E-state index is 12.6. The Kier molecular flexibility index (Phi) is 5.55. The number of methoxy groups -OCH3 is 1. The second-order valence-corrected chi connectivity index (χ2v) is 6.82. The van der Waals surface area contributed by atoms with Gasteiger partial charge in [-0.05, 0) is 37.0 Å². The standard InChI is InChI=1S/C19H23N3O4/c1-25-11-17(23)21-7-5-16-6-8-26-19(16)12-22(13-19)18(24)15-4-2-3-14(9-15)10-20/h2-4,9,16H,5-8,11-13H2,1H3,(H,21,23)/t16-/m1/s1. The number of amides is 2. The van der Waals surface area contributed by atoms with Crippen LogP contribution in [0.15, 0.2) is 24.3 Å². The summed E-state index contributed by atoms with van der Waals surface area (Å²) in [6.45, 7) is 2.44. The Hall–Kier alpha value is -2.43. The van der Waals surface area contributed by atoms with Gasteiger partial charge >= 0.3 is 0 Å². The van der Waals surface area contributed by atoms with E-state index >= 15 is 0 Å². The average Bonchev–Trinajstić information content (AvgIpc) is 3.04. The molecule has 0 saturated carbocycles. The Bertz CT molecular complexity index is 722. The van der Waals surface area contributed by atoms with Crippen molar-refractivity contribution in [3.63, 3.8) is 0 Å². The summed E-state index contributed by atoms with van der Waals surface area (Å²) in [6, 6.07) is 8.80. The van der Waals surface area contributed by atoms with E-state index in [4.69, 9.17) is 14.7 Å². The third kappa shape index (κ3) is 3.71. The van der Waals surface area contributed by atoms with E-state index in [0.717, 1.165) is 12.8 Å². The summed E-state index contributed by atoms with van der Waals surface area (Å²) in [5.41, 5.74) is 0.710. The Morgan fingerprint density at radius 3 is 3.00 bits per heavy atom. The molecule has 3 rings (SSSR count). The van der Waals surface area contributed by atoms with E-state index in [-0.39, 0.29) is 24.0 Å². The highest BCUT2D eigenvalue weighted by atomic mass is 16.5. The van der Waals surface area contributed by atoms with Gasteiger partial charge in [-0.15, -0.1) is 0 Å². The van der Waals surface area contributed by atoms with Crippen LogP contribution in [-0.2, 0) is 14.3 Å². The van der Waals surface area contributed by atoms with Gasteiger partial charge < -0.3 is 19.7 Å². The molecule has 2 amide bonds. The van der Waals surface area contributed by atoms with Crippen LogP contribution in [0.4, 0.5) is 0 Å². The summed E-state index contributed by atoms with van der Waals surface area (Å²) < 4.78 is 10.8. The number of hydrogen-bond donors (Lipinski definition) is 1. The lowest BCUT2D eigenvalue weighted by Crippen LogP contribution is -2.66. The van der Waals surface area contributed by atoms with Crippen LogP contribution in [-0.4, -0.2) is 62.3 Å². The number of hydrogen-bond acceptors (Lipinski definition) is 5. The largest absolute Gasteiger partial charge is 0.375 e. The van der Waals surface area contributed by atoms with Crippen molar-refractivity contribution in [3.05, 3.63) is 35.4 Å². The molecule has 7 nitrogen and oxygen atoms in total. The number of carbonyl (C=O) groups is 2. The Labute approximate surface area is 152 Å². The second-order valence-electron chi connectivity index (χ2n) is 6.82. The minimum Gasteiger partial charge on any atom is -0.375 e. The summed E-state index contributed by atoms with van der Waals surface area (Å²) in [5, 5.41) is 11.8. The summed E-state index contributed by atoms with van der Waals surface area (Å²) >= 11 is 0. The van der Waals surface area contributed by atoms with Gasteiger partial charge in [-0.1, -0.05) is 6.07 Å². The lowest BCUT2D eigenvalue weighted by Gasteiger charge is -2.50. The van der Waals surface area contributed by atoms with Gasteiger partial charge in [0.2, 0.25) is 5.91 Å². The van der Waals surface area contributed by atoms with Crippen molar-refractivity contribution in [2.24, 2.45) is 5.92 Å². The van der Waals surface area contributed by atoms with Crippen molar-refractivity contribution < 1.29 is 19.1 Å². The summed E-state index contributed by atoms with van der Waals surface area (Å²) in [4.78, 5) is 25.8. The predicted octanol–water partition coefficient (Wildman–Crippen LogP) is 0.942. The number of benzene rings is 1. The third-order valence-electron chi connectivity index (χ3n) is 5.13. The zero-order valence-corrected chi connectivity index (χ0v) is 14.9. The number of carbonyl (C=O) groups excluding carboxylic acids is 2. The average molecular weight is 357 g/mol. The van der Waals surface area contributed by atoms with Gasteiger partial charge in [0.15, 0.2) is 0 Å². The Morgan fingerprint density at radius 1 is 1.46 bits per heavy atom. The van der Waals surface area contributed by atoms with Crippen molar-refractivity contribution in [1.29, 1.82) is 5.26 Å². The zero-order valence-electron chi connectivity index (χ0n) is 14.9. The molecular formula is C19H23N3O4. The first-order chi connectivity index (χ1) is 12.6. The molecule has 0 radical (unpaired) electrons. The fraction of sp³-hybridized carbons (Fsp3) is 0.526. The van der Waals surface area contributed by atoms with Crippen molar-refractivity contribution in [2.75, 3.05) is 40.0 Å². The molecule has 2 aliphatic rings. The smallest absolute Gasteiger partial charge is 0.254 e. The Morgan fingerprint density at radius 2 is 2.27 bits per heavy atom. The molecule has 1 aromatic rings. The van der Waals surface area contributed by atoms with Crippen LogP contribution in [0.3, 0.4) is 0 Å². The highest BCUT2D eigenvalue weighted by Crippen LogP contribution is 2.42. The maximum atomic E-state index is 12.6. The molecule has 7 heteroatoms. The molecule has 0 aliphatic carbocycles. The van der Waals surface area contributed by atoms with Crippen molar-refractivity contribution in [2.45, 2.75) is 18.4 Å². The quantitative estimate of drug-likeness (QED) is 0.818. The van der Waals surface area contributed by atoms with Crippen LogP contribution in [0.5, 0.6) is 0 Å². The molecule has 1 aromatic carbocycles. The number of ether oxygens (including phenoxy) is 2. The lowest BCUT2D eigenvalue weighted by atomic mass is 9.78. The van der Waals surface area contributed by atoms with Gasteiger partial charge in [0.05, 0.1) is 24.7 Å². The molecule has 2 aliphatic heterocycles. The van der Waals surface area contributed by atoms with Crippen molar-refractivity contribution in [1.82, 2.24) is 10.2 Å². The number of nitriles is 1. The molecular weight excluding hydrogens is 334 g/mol. The first-order valence-corrected chi connectivity index (χ1v) is 8.77. The van der Waals surface area contributed by atoms with E-state index < -0.39 is 0 Å². The molecule has 1 N–H and O–H groups in total. The van der Waals surface area contributed by atoms with Crippen LogP contribution in [0.25, 0.3) is 0 Å². The minimum atomic E-state index is -0.297. The topological polar surface area (TPSA) is 91.7 Å². The van der Waals surface area contributed by atoms with Crippen LogP contribution in [0, 0.1) is 17.2 Å². The van der Waals surface area contributed by atoms with Crippen LogP contribution in [0.1, 0.15) is 28.8 Å². The Balaban J connectivity index is 1.53. The van der Waals surface area contributed by atoms with Gasteiger partial charge in [0, 0.05) is 25.8 Å². The highest BCUT2D eigenvalue weighted by molar-refractivity contribution is 5.95. The molecule has 0 unspecified atom stereocenters. The minimum absolute atomic E-state index is 0.0658. The molecule has 138 valence electrons. The van der Waals surface area contributed by atoms with Gasteiger partial charge in [-0.2, -0.15) is 5.26 Å². The second kappa shape index (κ2) is 7.85. The number of nitrogens with zero attached hydrogens (tertiary/aromatic N) is 2. The first-order valence-electron chi connectivity index (χ1n) is 8.77. The van der Waals surface area contributed by atoms with Crippen LogP contribution < -0.4 is 5.32 Å². The SMILES string of the molecule is COCC(=O)NCC[C@@H]1CCOC12CN(C(=O)c1cccc(C#N)c1)C2. The van der Waals surface area contributed by atoms with Gasteiger partial charge in [-0.25, -0.2) is 0 Å². The zero-order chi connectivity index (χ0) is 18.6. The van der Waals surface area contributed by atoms with E-state index in [1.165, 1.54) is 7.11 Å². The molecule has 1 spiro atoms. The maximum Gasteiger partial charge on any atom is 0.254 e. The van der Waals surface area contributed by atoms with E-state index in [1.807, 2.05) is 0 Å². The molecule has 0 bridgehead atoms. The van der Waals surface area contributed by atoms with E-state index in [9.17, 15) is 9.59 Å². The molecule has 2 fully saturated rings. The molecule has 2 heterocycles.